The van der Waals surface area contributed by atoms with E-state index in [4.69, 9.17) is 10.5 Å². The highest BCUT2D eigenvalue weighted by Crippen LogP contribution is 2.19. The van der Waals surface area contributed by atoms with Gasteiger partial charge < -0.3 is 15.8 Å². The number of ether oxygens (including phenoxy) is 1. The number of hydrogen-bond donors (Lipinski definition) is 2. The van der Waals surface area contributed by atoms with Gasteiger partial charge in [0.25, 0.3) is 5.90 Å². The summed E-state index contributed by atoms with van der Waals surface area (Å²) in [6, 6.07) is 7.66. The first-order chi connectivity index (χ1) is 10.2. The molecule has 0 radical (unpaired) electrons. The molecule has 2 rings (SSSR count). The Hall–Kier alpha value is -2.63. The lowest BCUT2D eigenvalue weighted by Gasteiger charge is -2.08. The van der Waals surface area contributed by atoms with Gasteiger partial charge in [-0.1, -0.05) is 12.1 Å². The third kappa shape index (κ3) is 3.47. The first-order valence-electron chi connectivity index (χ1n) is 6.65. The Kier molecular flexibility index (Phi) is 4.71. The Morgan fingerprint density at radius 3 is 2.95 bits per heavy atom. The summed E-state index contributed by atoms with van der Waals surface area (Å²) in [6.07, 6.45) is 1.66. The molecular weight excluding hydrogens is 268 g/mol. The second kappa shape index (κ2) is 6.69. The fourth-order valence-electron chi connectivity index (χ4n) is 1.99. The van der Waals surface area contributed by atoms with Gasteiger partial charge in [0.1, 0.15) is 5.82 Å². The van der Waals surface area contributed by atoms with E-state index in [1.165, 1.54) is 7.11 Å². The van der Waals surface area contributed by atoms with Crippen LogP contribution in [0.4, 0.5) is 5.82 Å². The van der Waals surface area contributed by atoms with E-state index in [-0.39, 0.29) is 11.8 Å². The number of anilines is 1. The minimum atomic E-state index is -0.325. The van der Waals surface area contributed by atoms with E-state index in [0.717, 1.165) is 16.3 Å². The van der Waals surface area contributed by atoms with Gasteiger partial charge in [-0.15, -0.1) is 0 Å². The summed E-state index contributed by atoms with van der Waals surface area (Å²) in [4.78, 5) is 19.9. The summed E-state index contributed by atoms with van der Waals surface area (Å²) in [5.74, 6) is 0.264. The highest BCUT2D eigenvalue weighted by atomic mass is 16.5. The molecule has 1 heterocycles. The summed E-state index contributed by atoms with van der Waals surface area (Å²) >= 11 is 0. The summed E-state index contributed by atoms with van der Waals surface area (Å²) in [7, 11) is 1.43. The lowest BCUT2D eigenvalue weighted by atomic mass is 10.1. The van der Waals surface area contributed by atoms with E-state index in [2.05, 4.69) is 15.3 Å². The third-order valence-corrected chi connectivity index (χ3v) is 3.00. The van der Waals surface area contributed by atoms with Gasteiger partial charge in [0.05, 0.1) is 7.11 Å². The summed E-state index contributed by atoms with van der Waals surface area (Å²) in [5.41, 5.74) is 6.77. The molecule has 0 bridgehead atoms. The molecule has 0 saturated carbocycles. The van der Waals surface area contributed by atoms with E-state index in [9.17, 15) is 4.79 Å². The molecule has 21 heavy (non-hydrogen) atoms. The first kappa shape index (κ1) is 14.8. The van der Waals surface area contributed by atoms with Crippen LogP contribution in [0.1, 0.15) is 12.5 Å². The number of nitrogens with one attached hydrogen (secondary N) is 1. The van der Waals surface area contributed by atoms with Crippen molar-refractivity contribution in [2.75, 3.05) is 19.4 Å². The quantitative estimate of drug-likeness (QED) is 0.661. The number of benzene rings is 1. The molecule has 6 nitrogen and oxygen atoms in total. The Morgan fingerprint density at radius 1 is 1.43 bits per heavy atom. The lowest BCUT2D eigenvalue weighted by molar-refractivity contribution is -0.116. The average molecular weight is 286 g/mol. The van der Waals surface area contributed by atoms with E-state index >= 15 is 0 Å². The molecule has 1 aromatic heterocycles. The maximum Gasteiger partial charge on any atom is 0.306 e. The first-order valence-corrected chi connectivity index (χ1v) is 6.65. The molecule has 0 aliphatic carbocycles. The van der Waals surface area contributed by atoms with Crippen LogP contribution in [0.2, 0.25) is 0 Å². The second-order valence-corrected chi connectivity index (χ2v) is 4.42. The summed E-state index contributed by atoms with van der Waals surface area (Å²) < 4.78 is 4.94. The van der Waals surface area contributed by atoms with Crippen molar-refractivity contribution in [2.45, 2.75) is 13.5 Å². The fourth-order valence-corrected chi connectivity index (χ4v) is 1.99. The van der Waals surface area contributed by atoms with Crippen LogP contribution in [0.25, 0.3) is 10.8 Å². The SMILES string of the molecule is CCN=C(OC)C(=O)NCc1ccc2c(N)nccc2c1. The maximum atomic E-state index is 11.9. The van der Waals surface area contributed by atoms with Gasteiger partial charge in [0.2, 0.25) is 0 Å². The number of nitrogen functional groups attached to an aromatic ring is 1. The van der Waals surface area contributed by atoms with Crippen LogP contribution in [0.15, 0.2) is 35.5 Å². The zero-order valence-corrected chi connectivity index (χ0v) is 12.1. The van der Waals surface area contributed by atoms with Crippen molar-refractivity contribution in [3.05, 3.63) is 36.0 Å². The zero-order chi connectivity index (χ0) is 15.2. The van der Waals surface area contributed by atoms with Gasteiger partial charge in [-0.05, 0) is 30.0 Å². The van der Waals surface area contributed by atoms with E-state index in [1.807, 2.05) is 31.2 Å². The van der Waals surface area contributed by atoms with Gasteiger partial charge in [-0.3, -0.25) is 4.79 Å². The Balaban J connectivity index is 2.10. The minimum absolute atomic E-state index is 0.0896. The minimum Gasteiger partial charge on any atom is -0.477 e. The molecule has 0 spiro atoms. The predicted octanol–water partition coefficient (Wildman–Crippen LogP) is 1.50. The number of nitrogens with two attached hydrogens (primary N) is 1. The van der Waals surface area contributed by atoms with E-state index in [1.54, 1.807) is 6.20 Å². The molecule has 0 fully saturated rings. The van der Waals surface area contributed by atoms with E-state index in [0.29, 0.717) is 18.9 Å². The van der Waals surface area contributed by atoms with Crippen molar-refractivity contribution in [1.82, 2.24) is 10.3 Å². The largest absolute Gasteiger partial charge is 0.477 e. The van der Waals surface area contributed by atoms with Crippen LogP contribution in [0.3, 0.4) is 0 Å². The molecule has 1 amide bonds. The standard InChI is InChI=1S/C15H18N4O2/c1-3-17-15(21-2)14(20)19-9-10-4-5-12-11(8-10)6-7-18-13(12)16/h4-8H,3,9H2,1-2H3,(H2,16,18)(H,19,20). The van der Waals surface area contributed by atoms with Crippen LogP contribution in [0.5, 0.6) is 0 Å². The number of hydrogen-bond acceptors (Lipinski definition) is 5. The monoisotopic (exact) mass is 286 g/mol. The van der Waals surface area contributed by atoms with Crippen molar-refractivity contribution in [3.8, 4) is 0 Å². The molecule has 3 N–H and O–H groups in total. The maximum absolute atomic E-state index is 11.9. The molecule has 0 saturated heterocycles. The Bertz CT molecular complexity index is 682. The zero-order valence-electron chi connectivity index (χ0n) is 12.1. The number of rotatable bonds is 3. The number of carbonyl (C=O) groups excluding carboxylic acids is 1. The second-order valence-electron chi connectivity index (χ2n) is 4.42. The molecule has 0 atom stereocenters. The Labute approximate surface area is 123 Å². The topological polar surface area (TPSA) is 89.6 Å². The van der Waals surface area contributed by atoms with Crippen LogP contribution in [-0.2, 0) is 16.1 Å². The van der Waals surface area contributed by atoms with E-state index < -0.39 is 0 Å². The number of fused-ring (bicyclic) bond motifs is 1. The number of pyridine rings is 1. The van der Waals surface area contributed by atoms with Crippen LogP contribution in [-0.4, -0.2) is 30.4 Å². The van der Waals surface area contributed by atoms with Crippen LogP contribution >= 0.6 is 0 Å². The third-order valence-electron chi connectivity index (χ3n) is 3.00. The Morgan fingerprint density at radius 2 is 2.24 bits per heavy atom. The van der Waals surface area contributed by atoms with Crippen molar-refractivity contribution >= 4 is 28.4 Å². The van der Waals surface area contributed by atoms with Crippen molar-refractivity contribution in [2.24, 2.45) is 4.99 Å². The summed E-state index contributed by atoms with van der Waals surface area (Å²) in [5, 5.41) is 4.66. The van der Waals surface area contributed by atoms with Crippen molar-refractivity contribution in [3.63, 3.8) is 0 Å². The highest BCUT2D eigenvalue weighted by molar-refractivity contribution is 6.35. The molecule has 2 aromatic rings. The molecule has 0 aliphatic heterocycles. The van der Waals surface area contributed by atoms with Crippen molar-refractivity contribution < 1.29 is 9.53 Å². The molecular formula is C15H18N4O2. The molecule has 0 unspecified atom stereocenters. The molecule has 0 aliphatic rings. The highest BCUT2D eigenvalue weighted by Gasteiger charge is 2.10. The van der Waals surface area contributed by atoms with Gasteiger partial charge >= 0.3 is 5.91 Å². The predicted molar refractivity (Wildman–Crippen MR) is 83.0 cm³/mol. The smallest absolute Gasteiger partial charge is 0.306 e. The average Bonchev–Trinajstić information content (AvgIpc) is 2.50. The van der Waals surface area contributed by atoms with Crippen LogP contribution in [0, 0.1) is 0 Å². The van der Waals surface area contributed by atoms with Gasteiger partial charge in [-0.2, -0.15) is 0 Å². The van der Waals surface area contributed by atoms with Gasteiger partial charge in [0.15, 0.2) is 0 Å². The number of aliphatic imine (C=N–C) groups is 1. The molecule has 1 aromatic carbocycles. The number of carbonyl (C=O) groups is 1. The molecule has 6 heteroatoms. The normalized spacial score (nSPS) is 11.4. The molecule has 110 valence electrons. The van der Waals surface area contributed by atoms with Crippen molar-refractivity contribution in [1.29, 1.82) is 0 Å². The van der Waals surface area contributed by atoms with Crippen LogP contribution < -0.4 is 11.1 Å². The lowest BCUT2D eigenvalue weighted by Crippen LogP contribution is -2.31. The van der Waals surface area contributed by atoms with Gasteiger partial charge in [0, 0.05) is 24.7 Å². The van der Waals surface area contributed by atoms with Gasteiger partial charge in [-0.25, -0.2) is 9.98 Å². The number of nitrogens with zero attached hydrogens (tertiary/aromatic N) is 2. The number of aromatic nitrogens is 1. The summed E-state index contributed by atoms with van der Waals surface area (Å²) in [6.45, 7) is 2.73. The fraction of sp³-hybridized carbons (Fsp3) is 0.267. The number of amides is 1. The number of methoxy groups -OCH3 is 1.